The lowest BCUT2D eigenvalue weighted by Crippen LogP contribution is -2.45. The van der Waals surface area contributed by atoms with Gasteiger partial charge >= 0.3 is 5.97 Å². The van der Waals surface area contributed by atoms with Crippen LogP contribution in [0.1, 0.15) is 406 Å². The smallest absolute Gasteiger partial charge is 0.305 e. The molecule has 488 valence electrons. The zero-order valence-electron chi connectivity index (χ0n) is 55.9. The first-order chi connectivity index (χ1) is 41.0. The van der Waals surface area contributed by atoms with Gasteiger partial charge in [0.2, 0.25) is 5.91 Å². The number of hydrogen-bond acceptors (Lipinski definition) is 5. The highest BCUT2D eigenvalue weighted by atomic mass is 16.5. The Labute approximate surface area is 518 Å². The van der Waals surface area contributed by atoms with Crippen molar-refractivity contribution in [3.63, 3.8) is 0 Å². The van der Waals surface area contributed by atoms with Crippen LogP contribution < -0.4 is 5.32 Å². The molecule has 0 heterocycles. The van der Waals surface area contributed by atoms with E-state index in [1.165, 1.54) is 321 Å². The number of carbonyl (C=O) groups excluding carboxylic acids is 2. The Morgan fingerprint density at radius 3 is 0.940 bits per heavy atom. The maximum absolute atomic E-state index is 12.5. The van der Waals surface area contributed by atoms with Crippen molar-refractivity contribution in [2.24, 2.45) is 0 Å². The lowest BCUT2D eigenvalue weighted by Gasteiger charge is -2.20. The summed E-state index contributed by atoms with van der Waals surface area (Å²) in [6.07, 6.45) is 94.8. The number of hydrogen-bond donors (Lipinski definition) is 3. The van der Waals surface area contributed by atoms with Crippen molar-refractivity contribution in [2.45, 2.75) is 418 Å². The van der Waals surface area contributed by atoms with E-state index in [0.717, 1.165) is 57.8 Å². The van der Waals surface area contributed by atoms with Gasteiger partial charge in [0.1, 0.15) is 0 Å². The standard InChI is InChI=1S/C77H145NO5/c1-3-5-7-9-11-13-15-17-19-21-23-24-25-26-28-31-34-37-41-45-49-53-57-61-65-69-75(80)74(73-79)78-76(81)70-66-62-58-54-50-46-42-38-35-32-29-27-30-33-36-40-44-48-52-56-60-64-68-72-83-77(82)71-67-63-59-55-51-47-43-39-22-20-18-16-14-12-10-8-6-4-2/h14,16,20,22,32,35,65,69,74-75,79-80H,3-13,15,17-19,21,23-31,33-34,36-64,66-68,70-73H2,1-2H3,(H,78,81)/b16-14-,22-20-,35-32-,69-65+. The van der Waals surface area contributed by atoms with Gasteiger partial charge in [-0.3, -0.25) is 9.59 Å². The van der Waals surface area contributed by atoms with Gasteiger partial charge in [-0.25, -0.2) is 0 Å². The molecule has 3 N–H and O–H groups in total. The number of aliphatic hydroxyl groups is 2. The molecule has 0 saturated carbocycles. The molecular weight excluding hydrogens is 1020 g/mol. The quantitative estimate of drug-likeness (QED) is 0.0320. The number of unbranched alkanes of at least 4 members (excludes halogenated alkanes) is 53. The molecule has 0 aromatic rings. The first-order valence-corrected chi connectivity index (χ1v) is 37.4. The van der Waals surface area contributed by atoms with Crippen LogP contribution in [0.25, 0.3) is 0 Å². The van der Waals surface area contributed by atoms with Crippen LogP contribution in [0.3, 0.4) is 0 Å². The highest BCUT2D eigenvalue weighted by Gasteiger charge is 2.18. The van der Waals surface area contributed by atoms with Gasteiger partial charge in [-0.05, 0) is 89.9 Å². The second-order valence-corrected chi connectivity index (χ2v) is 25.6. The van der Waals surface area contributed by atoms with Gasteiger partial charge in [-0.15, -0.1) is 0 Å². The number of ether oxygens (including phenoxy) is 1. The fraction of sp³-hybridized carbons (Fsp3) is 0.870. The lowest BCUT2D eigenvalue weighted by atomic mass is 10.0. The Bertz CT molecular complexity index is 1390. The molecule has 1 amide bonds. The van der Waals surface area contributed by atoms with E-state index < -0.39 is 12.1 Å². The topological polar surface area (TPSA) is 95.9 Å². The van der Waals surface area contributed by atoms with Gasteiger partial charge in [0.05, 0.1) is 25.4 Å². The number of carbonyl (C=O) groups is 2. The molecule has 0 aliphatic carbocycles. The predicted octanol–water partition coefficient (Wildman–Crippen LogP) is 24.4. The monoisotopic (exact) mass is 1160 g/mol. The summed E-state index contributed by atoms with van der Waals surface area (Å²) in [5.41, 5.74) is 0. The van der Waals surface area contributed by atoms with Crippen molar-refractivity contribution >= 4 is 11.9 Å². The molecule has 0 rings (SSSR count). The molecule has 2 unspecified atom stereocenters. The molecule has 0 aromatic carbocycles. The summed E-state index contributed by atoms with van der Waals surface area (Å²) < 4.78 is 5.50. The van der Waals surface area contributed by atoms with Crippen molar-refractivity contribution in [1.82, 2.24) is 5.32 Å². The fourth-order valence-electron chi connectivity index (χ4n) is 11.6. The average Bonchev–Trinajstić information content (AvgIpc) is 3.49. The molecule has 0 saturated heterocycles. The van der Waals surface area contributed by atoms with Crippen molar-refractivity contribution in [1.29, 1.82) is 0 Å². The first-order valence-electron chi connectivity index (χ1n) is 37.4. The van der Waals surface area contributed by atoms with E-state index in [1.807, 2.05) is 6.08 Å². The SMILES string of the molecule is CCCCCC/C=C\C/C=C\CCCCCCCCCC(=O)OCCCCCCCCCCCCCC/C=C\CCCCCCCCCC(=O)NC(CO)C(O)/C=C/CCCCCCCCCCCCCCCCCCCCCCCCC. The van der Waals surface area contributed by atoms with Gasteiger partial charge in [0.25, 0.3) is 0 Å². The Kier molecular flexibility index (Phi) is 70.4. The second-order valence-electron chi connectivity index (χ2n) is 25.6. The van der Waals surface area contributed by atoms with E-state index in [0.29, 0.717) is 19.4 Å². The Hall–Kier alpha value is -2.18. The van der Waals surface area contributed by atoms with Crippen LogP contribution >= 0.6 is 0 Å². The van der Waals surface area contributed by atoms with E-state index in [9.17, 15) is 19.8 Å². The molecule has 2 atom stereocenters. The van der Waals surface area contributed by atoms with Crippen LogP contribution in [-0.2, 0) is 14.3 Å². The summed E-state index contributed by atoms with van der Waals surface area (Å²) in [6.45, 7) is 4.92. The fourth-order valence-corrected chi connectivity index (χ4v) is 11.6. The minimum Gasteiger partial charge on any atom is -0.466 e. The molecule has 0 aromatic heterocycles. The van der Waals surface area contributed by atoms with E-state index in [2.05, 4.69) is 55.6 Å². The maximum Gasteiger partial charge on any atom is 0.305 e. The number of aliphatic hydroxyl groups excluding tert-OH is 2. The molecule has 0 aliphatic heterocycles. The molecule has 0 radical (unpaired) electrons. The maximum atomic E-state index is 12.5. The van der Waals surface area contributed by atoms with E-state index in [-0.39, 0.29) is 18.5 Å². The van der Waals surface area contributed by atoms with E-state index >= 15 is 0 Å². The molecular formula is C77H145NO5. The van der Waals surface area contributed by atoms with E-state index in [4.69, 9.17) is 4.74 Å². The summed E-state index contributed by atoms with van der Waals surface area (Å²) in [4.78, 5) is 24.7. The third-order valence-electron chi connectivity index (χ3n) is 17.3. The third-order valence-corrected chi connectivity index (χ3v) is 17.3. The van der Waals surface area contributed by atoms with Crippen molar-refractivity contribution in [3.05, 3.63) is 48.6 Å². The van der Waals surface area contributed by atoms with Gasteiger partial charge in [-0.2, -0.15) is 0 Å². The number of nitrogens with one attached hydrogen (secondary N) is 1. The molecule has 6 nitrogen and oxygen atoms in total. The average molecular weight is 1170 g/mol. The molecule has 0 aliphatic rings. The number of amides is 1. The second kappa shape index (κ2) is 72.3. The van der Waals surface area contributed by atoms with Crippen molar-refractivity contribution < 1.29 is 24.5 Å². The Balaban J connectivity index is 3.44. The summed E-state index contributed by atoms with van der Waals surface area (Å²) >= 11 is 0. The minimum absolute atomic E-state index is 0.00416. The number of esters is 1. The molecule has 83 heavy (non-hydrogen) atoms. The summed E-state index contributed by atoms with van der Waals surface area (Å²) in [6, 6.07) is -0.635. The van der Waals surface area contributed by atoms with Gasteiger partial charge < -0.3 is 20.3 Å². The van der Waals surface area contributed by atoms with Gasteiger partial charge in [-0.1, -0.05) is 351 Å². The zero-order chi connectivity index (χ0) is 59.9. The van der Waals surface area contributed by atoms with Crippen LogP contribution in [0, 0.1) is 0 Å². The van der Waals surface area contributed by atoms with Crippen molar-refractivity contribution in [3.8, 4) is 0 Å². The summed E-state index contributed by atoms with van der Waals surface area (Å²) in [5, 5.41) is 23.3. The molecule has 6 heteroatoms. The van der Waals surface area contributed by atoms with Crippen LogP contribution in [0.4, 0.5) is 0 Å². The van der Waals surface area contributed by atoms with Crippen LogP contribution in [0.15, 0.2) is 48.6 Å². The van der Waals surface area contributed by atoms with Gasteiger partial charge in [0, 0.05) is 12.8 Å². The Morgan fingerprint density at radius 1 is 0.337 bits per heavy atom. The third kappa shape index (κ3) is 68.8. The summed E-state index contributed by atoms with van der Waals surface area (Å²) in [7, 11) is 0. The highest BCUT2D eigenvalue weighted by Crippen LogP contribution is 2.19. The predicted molar refractivity (Wildman–Crippen MR) is 366 cm³/mol. The van der Waals surface area contributed by atoms with E-state index in [1.54, 1.807) is 6.08 Å². The highest BCUT2D eigenvalue weighted by molar-refractivity contribution is 5.76. The van der Waals surface area contributed by atoms with Gasteiger partial charge in [0.15, 0.2) is 0 Å². The minimum atomic E-state index is -0.851. The zero-order valence-corrected chi connectivity index (χ0v) is 55.9. The molecule has 0 fully saturated rings. The number of rotatable bonds is 70. The van der Waals surface area contributed by atoms with Crippen LogP contribution in [0.2, 0.25) is 0 Å². The molecule has 0 spiro atoms. The summed E-state index contributed by atoms with van der Waals surface area (Å²) in [5.74, 6) is -0.0664. The normalized spacial score (nSPS) is 12.8. The van der Waals surface area contributed by atoms with Crippen LogP contribution in [0.5, 0.6) is 0 Å². The lowest BCUT2D eigenvalue weighted by molar-refractivity contribution is -0.143. The number of allylic oxidation sites excluding steroid dienone is 7. The van der Waals surface area contributed by atoms with Crippen LogP contribution in [-0.4, -0.2) is 47.4 Å². The largest absolute Gasteiger partial charge is 0.466 e. The first kappa shape index (κ1) is 80.8. The molecule has 0 bridgehead atoms. The Morgan fingerprint density at radius 2 is 0.602 bits per heavy atom. The van der Waals surface area contributed by atoms with Crippen molar-refractivity contribution in [2.75, 3.05) is 13.2 Å².